The fourth-order valence-corrected chi connectivity index (χ4v) is 5.67. The second kappa shape index (κ2) is 9.42. The van der Waals surface area contributed by atoms with Gasteiger partial charge in [-0.1, -0.05) is 24.3 Å². The number of aromatic amines is 1. The first-order valence-corrected chi connectivity index (χ1v) is 12.2. The van der Waals surface area contributed by atoms with Gasteiger partial charge in [0.15, 0.2) is 0 Å². The van der Waals surface area contributed by atoms with Gasteiger partial charge < -0.3 is 19.7 Å². The zero-order chi connectivity index (χ0) is 26.5. The molecule has 3 aliphatic rings. The van der Waals surface area contributed by atoms with E-state index in [-0.39, 0.29) is 24.6 Å². The molecule has 1 fully saturated rings. The van der Waals surface area contributed by atoms with Crippen LogP contribution in [-0.2, 0) is 11.2 Å². The zero-order valence-corrected chi connectivity index (χ0v) is 20.8. The Morgan fingerprint density at radius 3 is 2.86 bits per heavy atom. The summed E-state index contributed by atoms with van der Waals surface area (Å²) in [6.45, 7) is 3.84. The SMILES string of the molecule is C=CCN(C)CCN1C(=O)N2[C@H](C3=CC(O)CC=C3)c3[nH]c4ccc(OC(F)F)cc4c3C[C@@]2(C)C1=O. The van der Waals surface area contributed by atoms with Crippen molar-refractivity contribution < 1.29 is 28.2 Å². The van der Waals surface area contributed by atoms with Crippen molar-refractivity contribution in [1.82, 2.24) is 19.7 Å². The van der Waals surface area contributed by atoms with Gasteiger partial charge in [-0.3, -0.25) is 14.6 Å². The molecule has 3 heterocycles. The lowest BCUT2D eigenvalue weighted by molar-refractivity contribution is -0.133. The topological polar surface area (TPSA) is 89.1 Å². The highest BCUT2D eigenvalue weighted by Gasteiger charge is 2.60. The number of fused-ring (bicyclic) bond motifs is 4. The smallest absolute Gasteiger partial charge is 0.387 e. The quantitative estimate of drug-likeness (QED) is 0.416. The number of amides is 3. The molecule has 3 amide bonds. The summed E-state index contributed by atoms with van der Waals surface area (Å²) in [5.74, 6) is -0.295. The van der Waals surface area contributed by atoms with Gasteiger partial charge in [-0.05, 0) is 49.7 Å². The first-order chi connectivity index (χ1) is 17.6. The summed E-state index contributed by atoms with van der Waals surface area (Å²) in [4.78, 5) is 35.9. The van der Waals surface area contributed by atoms with Crippen LogP contribution in [0, 0.1) is 0 Å². The number of hydrogen-bond acceptors (Lipinski definition) is 5. The van der Waals surface area contributed by atoms with Crippen molar-refractivity contribution in [3.8, 4) is 5.75 Å². The molecule has 2 N–H and O–H groups in total. The van der Waals surface area contributed by atoms with Gasteiger partial charge in [0.1, 0.15) is 17.3 Å². The van der Waals surface area contributed by atoms with Crippen LogP contribution in [0.15, 0.2) is 54.7 Å². The summed E-state index contributed by atoms with van der Waals surface area (Å²) in [5, 5.41) is 11.0. The van der Waals surface area contributed by atoms with Crippen LogP contribution in [0.5, 0.6) is 5.75 Å². The van der Waals surface area contributed by atoms with Crippen LogP contribution in [0.2, 0.25) is 0 Å². The average molecular weight is 513 g/mol. The summed E-state index contributed by atoms with van der Waals surface area (Å²) in [5.41, 5.74) is 1.63. The molecule has 37 heavy (non-hydrogen) atoms. The maximum Gasteiger partial charge on any atom is 0.387 e. The Balaban J connectivity index is 1.62. The number of urea groups is 1. The van der Waals surface area contributed by atoms with E-state index >= 15 is 0 Å². The number of carbonyl (C=O) groups excluding carboxylic acids is 2. The monoisotopic (exact) mass is 512 g/mol. The number of aliphatic hydroxyl groups excluding tert-OH is 1. The van der Waals surface area contributed by atoms with Crippen LogP contribution >= 0.6 is 0 Å². The van der Waals surface area contributed by atoms with Crippen molar-refractivity contribution in [1.29, 1.82) is 0 Å². The third kappa shape index (κ3) is 4.23. The molecule has 1 saturated heterocycles. The van der Waals surface area contributed by atoms with E-state index in [1.807, 2.05) is 24.1 Å². The molecule has 1 unspecified atom stereocenters. The predicted molar refractivity (Wildman–Crippen MR) is 134 cm³/mol. The van der Waals surface area contributed by atoms with Gasteiger partial charge in [0, 0.05) is 42.7 Å². The lowest BCUT2D eigenvalue weighted by Gasteiger charge is -2.43. The number of hydrogen-bond donors (Lipinski definition) is 2. The minimum absolute atomic E-state index is 0.0151. The Morgan fingerprint density at radius 2 is 2.16 bits per heavy atom. The highest BCUT2D eigenvalue weighted by Crippen LogP contribution is 2.49. The largest absolute Gasteiger partial charge is 0.435 e. The van der Waals surface area contributed by atoms with Gasteiger partial charge in [-0.15, -0.1) is 6.58 Å². The highest BCUT2D eigenvalue weighted by atomic mass is 19.3. The number of imide groups is 1. The summed E-state index contributed by atoms with van der Waals surface area (Å²) < 4.78 is 30.4. The molecule has 3 atom stereocenters. The van der Waals surface area contributed by atoms with Crippen molar-refractivity contribution in [3.63, 3.8) is 0 Å². The van der Waals surface area contributed by atoms with Crippen molar-refractivity contribution in [2.75, 3.05) is 26.7 Å². The Kier molecular flexibility index (Phi) is 6.41. The molecular formula is C27H30F2N4O4. The van der Waals surface area contributed by atoms with E-state index in [4.69, 9.17) is 0 Å². The minimum Gasteiger partial charge on any atom is -0.435 e. The van der Waals surface area contributed by atoms with Gasteiger partial charge >= 0.3 is 12.6 Å². The van der Waals surface area contributed by atoms with Crippen LogP contribution in [0.3, 0.4) is 0 Å². The summed E-state index contributed by atoms with van der Waals surface area (Å²) in [6.07, 6.45) is 7.11. The molecule has 0 spiro atoms. The third-order valence-corrected chi connectivity index (χ3v) is 7.40. The molecule has 196 valence electrons. The van der Waals surface area contributed by atoms with E-state index < -0.39 is 30.3 Å². The lowest BCUT2D eigenvalue weighted by Crippen LogP contribution is -2.53. The van der Waals surface area contributed by atoms with Crippen molar-refractivity contribution in [3.05, 3.63) is 65.9 Å². The van der Waals surface area contributed by atoms with E-state index in [2.05, 4.69) is 16.3 Å². The molecule has 2 aromatic rings. The molecular weight excluding hydrogens is 482 g/mol. The Bertz CT molecular complexity index is 1320. The normalized spacial score (nSPS) is 25.2. The fourth-order valence-electron chi connectivity index (χ4n) is 5.67. The molecule has 0 radical (unpaired) electrons. The standard InChI is InChI=1S/C27H30F2N4O4/c1-4-10-31(3)11-12-32-24(35)27(2)15-20-19-14-18(37-25(28)29)8-9-21(19)30-22(20)23(33(27)26(32)36)16-6-5-7-17(34)13-16/h4-6,8-9,13-14,17,23,25,30,34H,1,7,10-12,15H2,2-3H3/t17?,23-,27+/m1/s1. The van der Waals surface area contributed by atoms with Crippen molar-refractivity contribution in [2.24, 2.45) is 0 Å². The molecule has 1 aromatic heterocycles. The Morgan fingerprint density at radius 1 is 1.38 bits per heavy atom. The molecule has 10 heteroatoms. The highest BCUT2D eigenvalue weighted by molar-refractivity contribution is 6.08. The minimum atomic E-state index is -2.96. The second-order valence-electron chi connectivity index (χ2n) is 9.99. The van der Waals surface area contributed by atoms with E-state index in [0.717, 1.165) is 5.56 Å². The van der Waals surface area contributed by atoms with E-state index in [9.17, 15) is 23.5 Å². The average Bonchev–Trinajstić information content (AvgIpc) is 3.28. The maximum absolute atomic E-state index is 13.8. The summed E-state index contributed by atoms with van der Waals surface area (Å²) >= 11 is 0. The number of ether oxygens (including phenoxy) is 1. The maximum atomic E-state index is 13.8. The number of rotatable bonds is 8. The number of carbonyl (C=O) groups is 2. The number of nitrogens with zero attached hydrogens (tertiary/aromatic N) is 3. The molecule has 8 nitrogen and oxygen atoms in total. The number of aromatic nitrogens is 1. The number of halogens is 2. The molecule has 5 rings (SSSR count). The van der Waals surface area contributed by atoms with Crippen LogP contribution in [0.4, 0.5) is 13.6 Å². The molecule has 1 aliphatic carbocycles. The van der Waals surface area contributed by atoms with E-state index in [1.54, 1.807) is 30.0 Å². The molecule has 2 aliphatic heterocycles. The van der Waals surface area contributed by atoms with Crippen molar-refractivity contribution in [2.45, 2.75) is 44.1 Å². The van der Waals surface area contributed by atoms with Gasteiger partial charge in [-0.2, -0.15) is 8.78 Å². The summed E-state index contributed by atoms with van der Waals surface area (Å²) in [6, 6.07) is 3.58. The zero-order valence-electron chi connectivity index (χ0n) is 20.8. The number of aliphatic hydroxyl groups is 1. The number of nitrogens with one attached hydrogen (secondary N) is 1. The Hall–Kier alpha value is -3.50. The number of likely N-dealkylation sites (N-methyl/N-ethyl adjacent to an activating group) is 1. The lowest BCUT2D eigenvalue weighted by atomic mass is 9.80. The number of benzene rings is 1. The Labute approximate surface area is 213 Å². The van der Waals surface area contributed by atoms with Gasteiger partial charge in [0.2, 0.25) is 0 Å². The summed E-state index contributed by atoms with van der Waals surface area (Å²) in [7, 11) is 1.89. The van der Waals surface area contributed by atoms with Crippen molar-refractivity contribution >= 4 is 22.8 Å². The van der Waals surface area contributed by atoms with E-state index in [0.29, 0.717) is 41.7 Å². The third-order valence-electron chi connectivity index (χ3n) is 7.40. The van der Waals surface area contributed by atoms with Gasteiger partial charge in [0.05, 0.1) is 6.10 Å². The van der Waals surface area contributed by atoms with Crippen LogP contribution < -0.4 is 4.74 Å². The molecule has 0 bridgehead atoms. The predicted octanol–water partition coefficient (Wildman–Crippen LogP) is 3.75. The molecule has 0 saturated carbocycles. The van der Waals surface area contributed by atoms with Gasteiger partial charge in [-0.25, -0.2) is 4.79 Å². The van der Waals surface area contributed by atoms with Crippen LogP contribution in [-0.4, -0.2) is 81.7 Å². The van der Waals surface area contributed by atoms with Crippen LogP contribution in [0.1, 0.15) is 30.6 Å². The van der Waals surface area contributed by atoms with Crippen LogP contribution in [0.25, 0.3) is 10.9 Å². The number of alkyl halides is 2. The first kappa shape index (κ1) is 25.2. The van der Waals surface area contributed by atoms with Gasteiger partial charge in [0.25, 0.3) is 5.91 Å². The first-order valence-electron chi connectivity index (χ1n) is 12.2. The molecule has 1 aromatic carbocycles. The van der Waals surface area contributed by atoms with E-state index in [1.165, 1.54) is 17.0 Å². The fraction of sp³-hybridized carbons (Fsp3) is 0.407. The second-order valence-corrected chi connectivity index (χ2v) is 9.99. The number of H-pyrrole nitrogens is 1.